The van der Waals surface area contributed by atoms with Gasteiger partial charge in [-0.1, -0.05) is 15.9 Å². The molecule has 2 nitrogen and oxygen atoms in total. The van der Waals surface area contributed by atoms with Crippen LogP contribution in [0, 0.1) is 0 Å². The molecule has 0 unspecified atom stereocenters. The van der Waals surface area contributed by atoms with Gasteiger partial charge in [-0.2, -0.15) is 0 Å². The summed E-state index contributed by atoms with van der Waals surface area (Å²) in [7, 11) is 0. The van der Waals surface area contributed by atoms with E-state index in [1.807, 2.05) is 24.3 Å². The number of aliphatic hydroxyl groups is 1. The molecule has 74 valence electrons. The summed E-state index contributed by atoms with van der Waals surface area (Å²) in [6.45, 7) is 0.209. The maximum Gasteiger partial charge on any atom is 0.134 e. The Morgan fingerprint density at radius 1 is 1.29 bits per heavy atom. The van der Waals surface area contributed by atoms with Crippen LogP contribution in [-0.2, 0) is 6.42 Å². The summed E-state index contributed by atoms with van der Waals surface area (Å²) in [6, 6.07) is 7.96. The summed E-state index contributed by atoms with van der Waals surface area (Å²) in [5.41, 5.74) is 0.904. The van der Waals surface area contributed by atoms with Gasteiger partial charge in [0.15, 0.2) is 0 Å². The third-order valence-electron chi connectivity index (χ3n) is 2.11. The predicted molar refractivity (Wildman–Crippen MR) is 59.3 cm³/mol. The van der Waals surface area contributed by atoms with Crippen LogP contribution >= 0.6 is 15.9 Å². The smallest absolute Gasteiger partial charge is 0.134 e. The van der Waals surface area contributed by atoms with Gasteiger partial charge in [-0.05, 0) is 30.7 Å². The number of aliphatic hydroxyl groups excluding tert-OH is 1. The molecule has 0 bridgehead atoms. The van der Waals surface area contributed by atoms with Gasteiger partial charge in [0.05, 0.1) is 0 Å². The van der Waals surface area contributed by atoms with E-state index in [2.05, 4.69) is 15.9 Å². The van der Waals surface area contributed by atoms with E-state index in [0.29, 0.717) is 0 Å². The molecule has 2 rings (SSSR count). The quantitative estimate of drug-likeness (QED) is 0.914. The molecule has 1 N–H and O–H groups in total. The molecule has 0 amide bonds. The summed E-state index contributed by atoms with van der Waals surface area (Å²) in [4.78, 5) is 0. The topological polar surface area (TPSA) is 33.4 Å². The maximum atomic E-state index is 8.70. The summed E-state index contributed by atoms with van der Waals surface area (Å²) in [5.74, 6) is 0.937. The van der Waals surface area contributed by atoms with Crippen molar-refractivity contribution in [2.45, 2.75) is 12.8 Å². The summed E-state index contributed by atoms with van der Waals surface area (Å²) < 4.78 is 6.65. The number of furan rings is 1. The lowest BCUT2D eigenvalue weighted by Crippen LogP contribution is -1.85. The van der Waals surface area contributed by atoms with Crippen molar-refractivity contribution in [3.63, 3.8) is 0 Å². The van der Waals surface area contributed by atoms with E-state index in [4.69, 9.17) is 9.52 Å². The van der Waals surface area contributed by atoms with Crippen molar-refractivity contribution in [1.29, 1.82) is 0 Å². The summed E-state index contributed by atoms with van der Waals surface area (Å²) >= 11 is 3.41. The monoisotopic (exact) mass is 254 g/mol. The van der Waals surface area contributed by atoms with Crippen LogP contribution in [0.25, 0.3) is 11.0 Å². The zero-order valence-electron chi connectivity index (χ0n) is 7.66. The van der Waals surface area contributed by atoms with Crippen molar-refractivity contribution >= 4 is 26.9 Å². The molecule has 0 aliphatic carbocycles. The minimum atomic E-state index is 0.209. The van der Waals surface area contributed by atoms with E-state index in [1.54, 1.807) is 0 Å². The number of benzene rings is 1. The Morgan fingerprint density at radius 2 is 2.14 bits per heavy atom. The third kappa shape index (κ3) is 1.99. The lowest BCUT2D eigenvalue weighted by molar-refractivity contribution is 0.285. The largest absolute Gasteiger partial charge is 0.461 e. The number of rotatable bonds is 3. The molecule has 0 atom stereocenters. The second-order valence-corrected chi connectivity index (χ2v) is 4.14. The molecular weight excluding hydrogens is 244 g/mol. The summed E-state index contributed by atoms with van der Waals surface area (Å²) in [5, 5.41) is 9.80. The lowest BCUT2D eigenvalue weighted by Gasteiger charge is -1.91. The number of halogens is 1. The third-order valence-corrected chi connectivity index (χ3v) is 2.60. The van der Waals surface area contributed by atoms with Gasteiger partial charge in [0.1, 0.15) is 11.3 Å². The molecule has 3 heteroatoms. The van der Waals surface area contributed by atoms with E-state index in [0.717, 1.165) is 34.0 Å². The molecule has 1 aromatic carbocycles. The fraction of sp³-hybridized carbons (Fsp3) is 0.273. The standard InChI is InChI=1S/C11H11BrO2/c12-9-3-4-11-8(6-9)7-10(14-11)2-1-5-13/h3-4,6-7,13H,1-2,5H2. The highest BCUT2D eigenvalue weighted by molar-refractivity contribution is 9.10. The zero-order chi connectivity index (χ0) is 9.97. The Morgan fingerprint density at radius 3 is 2.93 bits per heavy atom. The SMILES string of the molecule is OCCCc1cc2cc(Br)ccc2o1. The van der Waals surface area contributed by atoms with E-state index in [9.17, 15) is 0 Å². The molecule has 2 aromatic rings. The Kier molecular flexibility index (Phi) is 2.89. The summed E-state index contributed by atoms with van der Waals surface area (Å²) in [6.07, 6.45) is 1.55. The molecule has 0 aliphatic heterocycles. The number of aryl methyl sites for hydroxylation is 1. The molecule has 0 radical (unpaired) electrons. The first kappa shape index (κ1) is 9.74. The minimum absolute atomic E-state index is 0.209. The molecule has 0 spiro atoms. The number of fused-ring (bicyclic) bond motifs is 1. The highest BCUT2D eigenvalue weighted by atomic mass is 79.9. The van der Waals surface area contributed by atoms with Crippen LogP contribution in [-0.4, -0.2) is 11.7 Å². The first-order valence-electron chi connectivity index (χ1n) is 4.58. The molecular formula is C11H11BrO2. The van der Waals surface area contributed by atoms with Gasteiger partial charge in [0.2, 0.25) is 0 Å². The van der Waals surface area contributed by atoms with Gasteiger partial charge in [0, 0.05) is 22.9 Å². The fourth-order valence-electron chi connectivity index (χ4n) is 1.45. The van der Waals surface area contributed by atoms with Crippen molar-refractivity contribution in [1.82, 2.24) is 0 Å². The molecule has 14 heavy (non-hydrogen) atoms. The zero-order valence-corrected chi connectivity index (χ0v) is 9.25. The van der Waals surface area contributed by atoms with Crippen LogP contribution in [0.2, 0.25) is 0 Å². The van der Waals surface area contributed by atoms with Gasteiger partial charge in [-0.25, -0.2) is 0 Å². The second-order valence-electron chi connectivity index (χ2n) is 3.22. The highest BCUT2D eigenvalue weighted by Gasteiger charge is 2.03. The van der Waals surface area contributed by atoms with Gasteiger partial charge in [0.25, 0.3) is 0 Å². The van der Waals surface area contributed by atoms with Crippen molar-refractivity contribution in [3.05, 3.63) is 34.5 Å². The molecule has 0 fully saturated rings. The van der Waals surface area contributed by atoms with E-state index in [1.165, 1.54) is 0 Å². The average molecular weight is 255 g/mol. The lowest BCUT2D eigenvalue weighted by atomic mass is 10.2. The molecule has 1 aromatic heterocycles. The molecule has 0 saturated carbocycles. The molecule has 0 saturated heterocycles. The van der Waals surface area contributed by atoms with Gasteiger partial charge < -0.3 is 9.52 Å². The first-order chi connectivity index (χ1) is 6.79. The average Bonchev–Trinajstić information content (AvgIpc) is 2.56. The Balaban J connectivity index is 2.32. The van der Waals surface area contributed by atoms with Crippen molar-refractivity contribution < 1.29 is 9.52 Å². The van der Waals surface area contributed by atoms with Crippen LogP contribution in [0.3, 0.4) is 0 Å². The van der Waals surface area contributed by atoms with Crippen molar-refractivity contribution in [3.8, 4) is 0 Å². The van der Waals surface area contributed by atoms with E-state index in [-0.39, 0.29) is 6.61 Å². The molecule has 1 heterocycles. The maximum absolute atomic E-state index is 8.70. The second kappa shape index (κ2) is 4.15. The van der Waals surface area contributed by atoms with Crippen LogP contribution < -0.4 is 0 Å². The first-order valence-corrected chi connectivity index (χ1v) is 5.38. The minimum Gasteiger partial charge on any atom is -0.461 e. The fourth-order valence-corrected chi connectivity index (χ4v) is 1.82. The number of hydrogen-bond donors (Lipinski definition) is 1. The normalized spacial score (nSPS) is 11.0. The van der Waals surface area contributed by atoms with Crippen LogP contribution in [0.1, 0.15) is 12.2 Å². The van der Waals surface area contributed by atoms with Crippen molar-refractivity contribution in [2.24, 2.45) is 0 Å². The Labute approximate surface area is 90.7 Å². The van der Waals surface area contributed by atoms with Crippen LogP contribution in [0.15, 0.2) is 33.2 Å². The van der Waals surface area contributed by atoms with Crippen LogP contribution in [0.4, 0.5) is 0 Å². The van der Waals surface area contributed by atoms with Gasteiger partial charge >= 0.3 is 0 Å². The van der Waals surface area contributed by atoms with Gasteiger partial charge in [-0.15, -0.1) is 0 Å². The highest BCUT2D eigenvalue weighted by Crippen LogP contribution is 2.23. The molecule has 0 aliphatic rings. The van der Waals surface area contributed by atoms with Crippen molar-refractivity contribution in [2.75, 3.05) is 6.61 Å². The van der Waals surface area contributed by atoms with E-state index >= 15 is 0 Å². The van der Waals surface area contributed by atoms with E-state index < -0.39 is 0 Å². The predicted octanol–water partition coefficient (Wildman–Crippen LogP) is 3.12. The number of hydrogen-bond acceptors (Lipinski definition) is 2. The Bertz CT molecular complexity index is 434. The Hall–Kier alpha value is -0.800. The van der Waals surface area contributed by atoms with Crippen LogP contribution in [0.5, 0.6) is 0 Å². The van der Waals surface area contributed by atoms with Gasteiger partial charge in [-0.3, -0.25) is 0 Å².